The number of ether oxygens (including phenoxy) is 1. The highest BCUT2D eigenvalue weighted by Crippen LogP contribution is 2.35. The van der Waals surface area contributed by atoms with Crippen LogP contribution in [-0.2, 0) is 15.7 Å². The number of alkyl halides is 3. The van der Waals surface area contributed by atoms with Crippen LogP contribution in [0.3, 0.4) is 0 Å². The lowest BCUT2D eigenvalue weighted by atomic mass is 10.3. The van der Waals surface area contributed by atoms with Gasteiger partial charge < -0.3 is 4.74 Å². The standard InChI is InChI=1S/C17H12ClF4N3O3S/c1-8(15(27)28-2)29-12-6-11(10(19)5-9(12)18)25-14(26)7-13(17(20,21)22)24-4-3-23-16(24)25/h3-8H,1-2H3. The van der Waals surface area contributed by atoms with Crippen LogP contribution in [0.1, 0.15) is 12.6 Å². The molecule has 6 nitrogen and oxygen atoms in total. The molecular weight excluding hydrogens is 438 g/mol. The molecular formula is C17H12ClF4N3O3S. The second-order valence-electron chi connectivity index (χ2n) is 5.82. The van der Waals surface area contributed by atoms with Gasteiger partial charge in [0.15, 0.2) is 0 Å². The summed E-state index contributed by atoms with van der Waals surface area (Å²) in [4.78, 5) is 28.1. The molecule has 0 aliphatic carbocycles. The number of aromatic nitrogens is 3. The van der Waals surface area contributed by atoms with Crippen LogP contribution in [0.5, 0.6) is 0 Å². The summed E-state index contributed by atoms with van der Waals surface area (Å²) in [7, 11) is 1.20. The maximum Gasteiger partial charge on any atom is 0.432 e. The van der Waals surface area contributed by atoms with Crippen molar-refractivity contribution in [3.8, 4) is 5.69 Å². The highest BCUT2D eigenvalue weighted by molar-refractivity contribution is 8.00. The number of esters is 1. The van der Waals surface area contributed by atoms with Gasteiger partial charge in [-0.05, 0) is 19.1 Å². The molecule has 0 radical (unpaired) electrons. The first-order chi connectivity index (χ1) is 13.5. The van der Waals surface area contributed by atoms with Crippen LogP contribution in [0, 0.1) is 5.82 Å². The lowest BCUT2D eigenvalue weighted by molar-refractivity contribution is -0.142. The van der Waals surface area contributed by atoms with Crippen molar-refractivity contribution >= 4 is 35.1 Å². The van der Waals surface area contributed by atoms with Crippen molar-refractivity contribution in [2.24, 2.45) is 0 Å². The number of halogens is 5. The highest BCUT2D eigenvalue weighted by atomic mass is 35.5. The molecule has 0 aliphatic rings. The number of methoxy groups -OCH3 is 1. The smallest absolute Gasteiger partial charge is 0.432 e. The van der Waals surface area contributed by atoms with Gasteiger partial charge in [-0.25, -0.2) is 13.9 Å². The molecule has 1 unspecified atom stereocenters. The first kappa shape index (κ1) is 21.2. The van der Waals surface area contributed by atoms with Crippen LogP contribution < -0.4 is 5.56 Å². The lowest BCUT2D eigenvalue weighted by Gasteiger charge is -2.16. The fourth-order valence-corrected chi connectivity index (χ4v) is 3.84. The van der Waals surface area contributed by atoms with E-state index in [-0.39, 0.29) is 15.6 Å². The van der Waals surface area contributed by atoms with E-state index in [1.807, 2.05) is 0 Å². The summed E-state index contributed by atoms with van der Waals surface area (Å²) >= 11 is 6.98. The number of nitrogens with zero attached hydrogens (tertiary/aromatic N) is 3. The van der Waals surface area contributed by atoms with Crippen LogP contribution in [0.15, 0.2) is 40.3 Å². The second kappa shape index (κ2) is 7.71. The van der Waals surface area contributed by atoms with Gasteiger partial charge in [0.05, 0.1) is 17.8 Å². The minimum atomic E-state index is -4.81. The Morgan fingerprint density at radius 1 is 1.31 bits per heavy atom. The van der Waals surface area contributed by atoms with Gasteiger partial charge in [0.25, 0.3) is 5.56 Å². The molecule has 3 aromatic rings. The monoisotopic (exact) mass is 449 g/mol. The Labute approximate surface area is 170 Å². The van der Waals surface area contributed by atoms with E-state index in [1.165, 1.54) is 20.1 Å². The predicted octanol–water partition coefficient (Wildman–Crippen LogP) is 3.95. The number of hydrogen-bond donors (Lipinski definition) is 0. The number of carbonyl (C=O) groups excluding carboxylic acids is 1. The van der Waals surface area contributed by atoms with Gasteiger partial charge in [-0.15, -0.1) is 11.8 Å². The van der Waals surface area contributed by atoms with Crippen molar-refractivity contribution in [1.82, 2.24) is 14.0 Å². The van der Waals surface area contributed by atoms with E-state index >= 15 is 0 Å². The third-order valence-electron chi connectivity index (χ3n) is 3.93. The minimum Gasteiger partial charge on any atom is -0.468 e. The van der Waals surface area contributed by atoms with Gasteiger partial charge in [-0.2, -0.15) is 13.2 Å². The molecule has 0 spiro atoms. The highest BCUT2D eigenvalue weighted by Gasteiger charge is 2.35. The zero-order chi connectivity index (χ0) is 21.5. The quantitative estimate of drug-likeness (QED) is 0.343. The molecule has 154 valence electrons. The molecule has 1 aromatic carbocycles. The molecule has 0 fully saturated rings. The number of hydrogen-bond acceptors (Lipinski definition) is 5. The summed E-state index contributed by atoms with van der Waals surface area (Å²) in [5.41, 5.74) is -2.73. The summed E-state index contributed by atoms with van der Waals surface area (Å²) in [6, 6.07) is 2.44. The minimum absolute atomic E-state index is 0.0358. The topological polar surface area (TPSA) is 65.6 Å². The molecule has 0 saturated carbocycles. The first-order valence-electron chi connectivity index (χ1n) is 7.94. The summed E-state index contributed by atoms with van der Waals surface area (Å²) < 4.78 is 60.3. The zero-order valence-electron chi connectivity index (χ0n) is 14.8. The van der Waals surface area contributed by atoms with Gasteiger partial charge in [-0.3, -0.25) is 14.0 Å². The number of fused-ring (bicyclic) bond motifs is 1. The van der Waals surface area contributed by atoms with Crippen LogP contribution in [0.2, 0.25) is 5.02 Å². The van der Waals surface area contributed by atoms with Crippen molar-refractivity contribution < 1.29 is 27.1 Å². The van der Waals surface area contributed by atoms with Crippen LogP contribution >= 0.6 is 23.4 Å². The molecule has 0 aliphatic heterocycles. The normalized spacial score (nSPS) is 12.9. The fraction of sp³-hybridized carbons (Fsp3) is 0.235. The third kappa shape index (κ3) is 3.97. The van der Waals surface area contributed by atoms with E-state index in [0.29, 0.717) is 15.0 Å². The van der Waals surface area contributed by atoms with Gasteiger partial charge in [0.1, 0.15) is 16.8 Å². The largest absolute Gasteiger partial charge is 0.468 e. The third-order valence-corrected chi connectivity index (χ3v) is 5.49. The Hall–Kier alpha value is -2.53. The molecule has 12 heteroatoms. The van der Waals surface area contributed by atoms with Crippen LogP contribution in [-0.4, -0.2) is 32.3 Å². The Morgan fingerprint density at radius 3 is 2.62 bits per heavy atom. The van der Waals surface area contributed by atoms with Crippen molar-refractivity contribution in [1.29, 1.82) is 0 Å². The molecule has 3 rings (SSSR count). The first-order valence-corrected chi connectivity index (χ1v) is 9.20. The molecule has 0 bridgehead atoms. The van der Waals surface area contributed by atoms with Crippen molar-refractivity contribution in [3.63, 3.8) is 0 Å². The lowest BCUT2D eigenvalue weighted by Crippen LogP contribution is -2.26. The van der Waals surface area contributed by atoms with E-state index in [0.717, 1.165) is 30.2 Å². The molecule has 2 aromatic heterocycles. The Bertz CT molecular complexity index is 1160. The fourth-order valence-electron chi connectivity index (χ4n) is 2.63. The van der Waals surface area contributed by atoms with Gasteiger partial charge in [0, 0.05) is 23.4 Å². The van der Waals surface area contributed by atoms with Crippen LogP contribution in [0.25, 0.3) is 11.5 Å². The Balaban J connectivity index is 2.22. The Kier molecular flexibility index (Phi) is 5.63. The van der Waals surface area contributed by atoms with E-state index < -0.39 is 40.2 Å². The number of imidazole rings is 1. The van der Waals surface area contributed by atoms with E-state index in [1.54, 1.807) is 0 Å². The average Bonchev–Trinajstić information content (AvgIpc) is 3.11. The van der Waals surface area contributed by atoms with Crippen LogP contribution in [0.4, 0.5) is 17.6 Å². The summed E-state index contributed by atoms with van der Waals surface area (Å²) in [5, 5.41) is -0.738. The zero-order valence-corrected chi connectivity index (χ0v) is 16.4. The maximum atomic E-state index is 14.6. The van der Waals surface area contributed by atoms with Gasteiger partial charge >= 0.3 is 12.1 Å². The number of thioether (sulfide) groups is 1. The summed E-state index contributed by atoms with van der Waals surface area (Å²) in [6.07, 6.45) is -2.74. The Morgan fingerprint density at radius 2 is 2.00 bits per heavy atom. The van der Waals surface area contributed by atoms with E-state index in [4.69, 9.17) is 11.6 Å². The number of benzene rings is 1. The van der Waals surface area contributed by atoms with Gasteiger partial charge in [-0.1, -0.05) is 11.6 Å². The summed E-state index contributed by atoms with van der Waals surface area (Å²) in [5.74, 6) is -1.93. The molecule has 1 atom stereocenters. The predicted molar refractivity (Wildman–Crippen MR) is 98.1 cm³/mol. The van der Waals surface area contributed by atoms with Crippen molar-refractivity contribution in [2.75, 3.05) is 7.11 Å². The van der Waals surface area contributed by atoms with Crippen molar-refractivity contribution in [3.05, 3.63) is 57.5 Å². The molecule has 0 N–H and O–H groups in total. The maximum absolute atomic E-state index is 14.6. The molecule has 0 amide bonds. The number of carbonyl (C=O) groups is 1. The SMILES string of the molecule is COC(=O)C(C)Sc1cc(-n2c(=O)cc(C(F)(F)F)n3ccnc23)c(F)cc1Cl. The average molecular weight is 450 g/mol. The van der Waals surface area contributed by atoms with Gasteiger partial charge in [0.2, 0.25) is 5.78 Å². The second-order valence-corrected chi connectivity index (χ2v) is 7.61. The van der Waals surface area contributed by atoms with E-state index in [2.05, 4.69) is 9.72 Å². The van der Waals surface area contributed by atoms with Crippen molar-refractivity contribution in [2.45, 2.75) is 23.2 Å². The van der Waals surface area contributed by atoms with E-state index in [9.17, 15) is 27.2 Å². The molecule has 29 heavy (non-hydrogen) atoms. The molecule has 0 saturated heterocycles. The number of rotatable bonds is 4. The molecule has 2 heterocycles. The summed E-state index contributed by atoms with van der Waals surface area (Å²) in [6.45, 7) is 1.53.